The van der Waals surface area contributed by atoms with Crippen molar-refractivity contribution in [2.24, 2.45) is 11.7 Å². The van der Waals surface area contributed by atoms with Crippen molar-refractivity contribution in [1.82, 2.24) is 0 Å². The summed E-state index contributed by atoms with van der Waals surface area (Å²) in [4.78, 5) is 12.5. The SMILES string of the molecule is Cc1cc(N(C)C2CCCC2CN)c([N+](=O)[O-])cc1F. The van der Waals surface area contributed by atoms with Crippen LogP contribution in [0.5, 0.6) is 0 Å². The van der Waals surface area contributed by atoms with Gasteiger partial charge in [-0.05, 0) is 43.9 Å². The molecule has 1 aromatic rings. The van der Waals surface area contributed by atoms with Crippen molar-refractivity contribution in [2.45, 2.75) is 32.2 Å². The van der Waals surface area contributed by atoms with Crippen LogP contribution in [0.2, 0.25) is 0 Å². The molecule has 1 aliphatic carbocycles. The summed E-state index contributed by atoms with van der Waals surface area (Å²) >= 11 is 0. The number of nitro benzene ring substituents is 1. The van der Waals surface area contributed by atoms with Crippen LogP contribution in [0.15, 0.2) is 12.1 Å². The van der Waals surface area contributed by atoms with Gasteiger partial charge in [0.15, 0.2) is 0 Å². The zero-order chi connectivity index (χ0) is 14.9. The van der Waals surface area contributed by atoms with Crippen LogP contribution in [0.3, 0.4) is 0 Å². The molecule has 0 aromatic heterocycles. The van der Waals surface area contributed by atoms with Crippen LogP contribution in [0.25, 0.3) is 0 Å². The molecule has 0 spiro atoms. The quantitative estimate of drug-likeness (QED) is 0.680. The molecule has 2 atom stereocenters. The molecule has 2 rings (SSSR count). The number of benzene rings is 1. The van der Waals surface area contributed by atoms with Crippen molar-refractivity contribution in [3.63, 3.8) is 0 Å². The van der Waals surface area contributed by atoms with Crippen molar-refractivity contribution in [3.8, 4) is 0 Å². The summed E-state index contributed by atoms with van der Waals surface area (Å²) in [7, 11) is 1.83. The first-order chi connectivity index (χ1) is 9.45. The summed E-state index contributed by atoms with van der Waals surface area (Å²) in [5.74, 6) is -0.208. The van der Waals surface area contributed by atoms with E-state index in [1.165, 1.54) is 0 Å². The van der Waals surface area contributed by atoms with Crippen molar-refractivity contribution < 1.29 is 9.31 Å². The van der Waals surface area contributed by atoms with Crippen LogP contribution in [0.1, 0.15) is 24.8 Å². The number of hydrogen-bond acceptors (Lipinski definition) is 4. The second kappa shape index (κ2) is 5.75. The lowest BCUT2D eigenvalue weighted by Crippen LogP contribution is -2.38. The van der Waals surface area contributed by atoms with Gasteiger partial charge in [-0.2, -0.15) is 0 Å². The standard InChI is InChI=1S/C14H20FN3O2/c1-9-6-13(14(18(19)20)7-11(9)15)17(2)12-5-3-4-10(12)8-16/h6-7,10,12H,3-5,8,16H2,1-2H3. The molecule has 1 fully saturated rings. The van der Waals surface area contributed by atoms with Gasteiger partial charge in [0.1, 0.15) is 11.5 Å². The maximum absolute atomic E-state index is 13.6. The molecule has 0 heterocycles. The number of anilines is 1. The molecule has 1 aliphatic rings. The third-order valence-electron chi connectivity index (χ3n) is 4.25. The Morgan fingerprint density at radius 3 is 2.80 bits per heavy atom. The Bertz CT molecular complexity index is 521. The first-order valence-electron chi connectivity index (χ1n) is 6.83. The number of nitrogens with two attached hydrogens (primary N) is 1. The molecule has 1 saturated carbocycles. The maximum Gasteiger partial charge on any atom is 0.295 e. The average Bonchev–Trinajstić information content (AvgIpc) is 2.88. The van der Waals surface area contributed by atoms with Gasteiger partial charge >= 0.3 is 0 Å². The molecular weight excluding hydrogens is 261 g/mol. The van der Waals surface area contributed by atoms with Crippen LogP contribution in [-0.2, 0) is 0 Å². The Morgan fingerprint density at radius 2 is 2.20 bits per heavy atom. The molecule has 2 N–H and O–H groups in total. The van der Waals surface area contributed by atoms with E-state index in [4.69, 9.17) is 5.73 Å². The van der Waals surface area contributed by atoms with Gasteiger partial charge < -0.3 is 10.6 Å². The second-order valence-electron chi connectivity index (χ2n) is 5.45. The lowest BCUT2D eigenvalue weighted by atomic mass is 10.0. The Morgan fingerprint density at radius 1 is 1.50 bits per heavy atom. The first-order valence-corrected chi connectivity index (χ1v) is 6.83. The topological polar surface area (TPSA) is 72.4 Å². The van der Waals surface area contributed by atoms with Gasteiger partial charge in [0.2, 0.25) is 0 Å². The van der Waals surface area contributed by atoms with E-state index in [1.807, 2.05) is 11.9 Å². The fraction of sp³-hybridized carbons (Fsp3) is 0.571. The van der Waals surface area contributed by atoms with Crippen LogP contribution < -0.4 is 10.6 Å². The molecule has 110 valence electrons. The summed E-state index contributed by atoms with van der Waals surface area (Å²) in [5, 5.41) is 11.1. The second-order valence-corrected chi connectivity index (χ2v) is 5.45. The highest BCUT2D eigenvalue weighted by atomic mass is 19.1. The van der Waals surface area contributed by atoms with Gasteiger partial charge in [0.25, 0.3) is 5.69 Å². The van der Waals surface area contributed by atoms with Crippen molar-refractivity contribution in [1.29, 1.82) is 0 Å². The van der Waals surface area contributed by atoms with Crippen LogP contribution in [0, 0.1) is 28.8 Å². The number of nitrogens with zero attached hydrogens (tertiary/aromatic N) is 2. The molecule has 1 aromatic carbocycles. The Balaban J connectivity index is 2.40. The Labute approximate surface area is 117 Å². The summed E-state index contributed by atoms with van der Waals surface area (Å²) in [5.41, 5.74) is 6.48. The fourth-order valence-corrected chi connectivity index (χ4v) is 3.07. The molecule has 0 saturated heterocycles. The van der Waals surface area contributed by atoms with E-state index in [0.717, 1.165) is 25.3 Å². The number of aryl methyl sites for hydroxylation is 1. The minimum Gasteiger partial charge on any atom is -0.366 e. The normalized spacial score (nSPS) is 22.0. The van der Waals surface area contributed by atoms with Gasteiger partial charge in [0.05, 0.1) is 11.0 Å². The minimum atomic E-state index is -0.546. The van der Waals surface area contributed by atoms with E-state index in [9.17, 15) is 14.5 Å². The van der Waals surface area contributed by atoms with Gasteiger partial charge in [-0.1, -0.05) is 6.42 Å². The molecule has 2 unspecified atom stereocenters. The molecule has 0 amide bonds. The predicted molar refractivity (Wildman–Crippen MR) is 76.4 cm³/mol. The predicted octanol–water partition coefficient (Wildman–Crippen LogP) is 2.61. The van der Waals surface area contributed by atoms with E-state index < -0.39 is 10.7 Å². The smallest absolute Gasteiger partial charge is 0.295 e. The maximum atomic E-state index is 13.6. The lowest BCUT2D eigenvalue weighted by Gasteiger charge is -2.31. The highest BCUT2D eigenvalue weighted by Gasteiger charge is 2.32. The van der Waals surface area contributed by atoms with Crippen LogP contribution >= 0.6 is 0 Å². The number of rotatable bonds is 4. The lowest BCUT2D eigenvalue weighted by molar-refractivity contribution is -0.384. The van der Waals surface area contributed by atoms with Crippen molar-refractivity contribution >= 4 is 11.4 Å². The number of halogens is 1. The largest absolute Gasteiger partial charge is 0.366 e. The van der Waals surface area contributed by atoms with E-state index in [1.54, 1.807) is 13.0 Å². The highest BCUT2D eigenvalue weighted by Crippen LogP contribution is 2.36. The van der Waals surface area contributed by atoms with Gasteiger partial charge in [-0.3, -0.25) is 10.1 Å². The monoisotopic (exact) mass is 281 g/mol. The summed E-state index contributed by atoms with van der Waals surface area (Å²) in [6.45, 7) is 2.19. The number of nitro groups is 1. The van der Waals surface area contributed by atoms with Crippen LogP contribution in [-0.4, -0.2) is 24.6 Å². The minimum absolute atomic E-state index is 0.182. The van der Waals surface area contributed by atoms with Crippen molar-refractivity contribution in [2.75, 3.05) is 18.5 Å². The molecule has 6 heteroatoms. The molecule has 0 radical (unpaired) electrons. The zero-order valence-electron chi connectivity index (χ0n) is 11.8. The first kappa shape index (κ1) is 14.7. The Hall–Kier alpha value is -1.69. The van der Waals surface area contributed by atoms with Gasteiger partial charge in [-0.25, -0.2) is 4.39 Å². The zero-order valence-corrected chi connectivity index (χ0v) is 11.8. The number of hydrogen-bond donors (Lipinski definition) is 1. The highest BCUT2D eigenvalue weighted by molar-refractivity contribution is 5.65. The third kappa shape index (κ3) is 2.60. The van der Waals surface area contributed by atoms with E-state index in [-0.39, 0.29) is 11.7 Å². The van der Waals surface area contributed by atoms with E-state index in [0.29, 0.717) is 23.7 Å². The van der Waals surface area contributed by atoms with Crippen LogP contribution in [0.4, 0.5) is 15.8 Å². The van der Waals surface area contributed by atoms with Gasteiger partial charge in [-0.15, -0.1) is 0 Å². The molecular formula is C14H20FN3O2. The molecule has 20 heavy (non-hydrogen) atoms. The average molecular weight is 281 g/mol. The summed E-state index contributed by atoms with van der Waals surface area (Å²) in [6.07, 6.45) is 3.08. The summed E-state index contributed by atoms with van der Waals surface area (Å²) in [6, 6.07) is 2.75. The molecule has 5 nitrogen and oxygen atoms in total. The molecule has 0 bridgehead atoms. The van der Waals surface area contributed by atoms with E-state index in [2.05, 4.69) is 0 Å². The fourth-order valence-electron chi connectivity index (χ4n) is 3.07. The summed E-state index contributed by atoms with van der Waals surface area (Å²) < 4.78 is 13.6. The Kier molecular flexibility index (Phi) is 4.23. The third-order valence-corrected chi connectivity index (χ3v) is 4.25. The van der Waals surface area contributed by atoms with Crippen molar-refractivity contribution in [3.05, 3.63) is 33.6 Å². The molecule has 0 aliphatic heterocycles. The van der Waals surface area contributed by atoms with E-state index >= 15 is 0 Å². The van der Waals surface area contributed by atoms with Gasteiger partial charge in [0, 0.05) is 13.1 Å².